The van der Waals surface area contributed by atoms with E-state index in [2.05, 4.69) is 5.32 Å². The molecule has 0 atom stereocenters. The summed E-state index contributed by atoms with van der Waals surface area (Å²) in [6.07, 6.45) is 6.15. The molecule has 0 saturated heterocycles. The molecule has 0 bridgehead atoms. The first-order chi connectivity index (χ1) is 8.25. The summed E-state index contributed by atoms with van der Waals surface area (Å²) in [5.74, 6) is 0.382. The first kappa shape index (κ1) is 13.8. The van der Waals surface area contributed by atoms with Gasteiger partial charge in [0.1, 0.15) is 0 Å². The fourth-order valence-electron chi connectivity index (χ4n) is 1.69. The lowest BCUT2D eigenvalue weighted by Gasteiger charge is -2.15. The van der Waals surface area contributed by atoms with Crippen LogP contribution in [0.5, 0.6) is 0 Å². The van der Waals surface area contributed by atoms with Crippen molar-refractivity contribution in [2.24, 2.45) is 0 Å². The standard InChI is InChI=1S/C13H22N2O2/c1-14-9-5-3-4-6-10-15(2)13(16)12-8-7-11-17-12/h7-8,11,14H,3-6,9-10H2,1-2H3. The van der Waals surface area contributed by atoms with Gasteiger partial charge in [-0.05, 0) is 38.6 Å². The zero-order valence-electron chi connectivity index (χ0n) is 10.7. The topological polar surface area (TPSA) is 45.5 Å². The second-order valence-corrected chi connectivity index (χ2v) is 4.22. The third-order valence-corrected chi connectivity index (χ3v) is 2.75. The van der Waals surface area contributed by atoms with E-state index in [1.807, 2.05) is 14.1 Å². The molecule has 0 aliphatic carbocycles. The molecule has 4 heteroatoms. The van der Waals surface area contributed by atoms with Crippen molar-refractivity contribution < 1.29 is 9.21 Å². The summed E-state index contributed by atoms with van der Waals surface area (Å²) in [5.41, 5.74) is 0. The van der Waals surface area contributed by atoms with Crippen LogP contribution in [0.2, 0.25) is 0 Å². The summed E-state index contributed by atoms with van der Waals surface area (Å²) < 4.78 is 5.08. The lowest BCUT2D eigenvalue weighted by molar-refractivity contribution is 0.0761. The van der Waals surface area contributed by atoms with Crippen molar-refractivity contribution in [3.8, 4) is 0 Å². The SMILES string of the molecule is CNCCCCCCN(C)C(=O)c1ccco1. The third kappa shape index (κ3) is 5.04. The van der Waals surface area contributed by atoms with Gasteiger partial charge in [-0.2, -0.15) is 0 Å². The van der Waals surface area contributed by atoms with E-state index in [9.17, 15) is 4.79 Å². The van der Waals surface area contributed by atoms with Gasteiger partial charge in [-0.1, -0.05) is 12.8 Å². The van der Waals surface area contributed by atoms with Crippen LogP contribution >= 0.6 is 0 Å². The zero-order chi connectivity index (χ0) is 12.5. The van der Waals surface area contributed by atoms with Crippen LogP contribution in [0.3, 0.4) is 0 Å². The molecule has 0 radical (unpaired) electrons. The molecular formula is C13H22N2O2. The molecule has 0 fully saturated rings. The average molecular weight is 238 g/mol. The number of carbonyl (C=O) groups is 1. The van der Waals surface area contributed by atoms with Crippen molar-refractivity contribution in [1.82, 2.24) is 10.2 Å². The van der Waals surface area contributed by atoms with Gasteiger partial charge >= 0.3 is 0 Å². The Morgan fingerprint density at radius 2 is 2.12 bits per heavy atom. The monoisotopic (exact) mass is 238 g/mol. The van der Waals surface area contributed by atoms with Crippen molar-refractivity contribution in [3.63, 3.8) is 0 Å². The Morgan fingerprint density at radius 1 is 1.35 bits per heavy atom. The molecule has 0 unspecified atom stereocenters. The molecular weight excluding hydrogens is 216 g/mol. The summed E-state index contributed by atoms with van der Waals surface area (Å²) in [6.45, 7) is 1.86. The van der Waals surface area contributed by atoms with Crippen LogP contribution in [0.15, 0.2) is 22.8 Å². The number of rotatable bonds is 8. The van der Waals surface area contributed by atoms with E-state index in [-0.39, 0.29) is 5.91 Å². The van der Waals surface area contributed by atoms with Crippen molar-refractivity contribution in [2.45, 2.75) is 25.7 Å². The Labute approximate surface area is 103 Å². The van der Waals surface area contributed by atoms with Crippen LogP contribution in [-0.2, 0) is 0 Å². The molecule has 0 aromatic carbocycles. The molecule has 1 N–H and O–H groups in total. The largest absolute Gasteiger partial charge is 0.459 e. The Bertz CT molecular complexity index is 309. The highest BCUT2D eigenvalue weighted by Gasteiger charge is 2.13. The van der Waals surface area contributed by atoms with E-state index in [0.29, 0.717) is 5.76 Å². The number of nitrogens with one attached hydrogen (secondary N) is 1. The van der Waals surface area contributed by atoms with Crippen molar-refractivity contribution >= 4 is 5.91 Å². The predicted molar refractivity (Wildman–Crippen MR) is 68.1 cm³/mol. The molecule has 1 amide bonds. The lowest BCUT2D eigenvalue weighted by Crippen LogP contribution is -2.27. The second-order valence-electron chi connectivity index (χ2n) is 4.22. The summed E-state index contributed by atoms with van der Waals surface area (Å²) in [7, 11) is 3.79. The number of hydrogen-bond acceptors (Lipinski definition) is 3. The highest BCUT2D eigenvalue weighted by molar-refractivity contribution is 5.91. The highest BCUT2D eigenvalue weighted by atomic mass is 16.3. The van der Waals surface area contributed by atoms with E-state index >= 15 is 0 Å². The van der Waals surface area contributed by atoms with Crippen LogP contribution in [0.4, 0.5) is 0 Å². The molecule has 0 saturated carbocycles. The Kier molecular flexibility index (Phi) is 6.40. The number of furan rings is 1. The number of nitrogens with zero attached hydrogens (tertiary/aromatic N) is 1. The fraction of sp³-hybridized carbons (Fsp3) is 0.615. The summed E-state index contributed by atoms with van der Waals surface area (Å²) in [5, 5.41) is 3.13. The number of carbonyl (C=O) groups excluding carboxylic acids is 1. The van der Waals surface area contributed by atoms with Gasteiger partial charge in [0.15, 0.2) is 5.76 Å². The van der Waals surface area contributed by atoms with Gasteiger partial charge in [-0.3, -0.25) is 4.79 Å². The Balaban J connectivity index is 2.13. The van der Waals surface area contributed by atoms with Gasteiger partial charge in [-0.15, -0.1) is 0 Å². The van der Waals surface area contributed by atoms with Gasteiger partial charge in [0.2, 0.25) is 0 Å². The van der Waals surface area contributed by atoms with Gasteiger partial charge in [-0.25, -0.2) is 0 Å². The van der Waals surface area contributed by atoms with Gasteiger partial charge in [0.05, 0.1) is 6.26 Å². The fourth-order valence-corrected chi connectivity index (χ4v) is 1.69. The Morgan fingerprint density at radius 3 is 2.76 bits per heavy atom. The van der Waals surface area contributed by atoms with Gasteiger partial charge in [0.25, 0.3) is 5.91 Å². The molecule has 0 spiro atoms. The minimum Gasteiger partial charge on any atom is -0.459 e. The smallest absolute Gasteiger partial charge is 0.289 e. The molecule has 1 aromatic heterocycles. The molecule has 4 nitrogen and oxygen atoms in total. The minimum atomic E-state index is -0.0368. The summed E-state index contributed by atoms with van der Waals surface area (Å²) in [6, 6.07) is 3.44. The third-order valence-electron chi connectivity index (χ3n) is 2.75. The molecule has 1 heterocycles. The lowest BCUT2D eigenvalue weighted by atomic mass is 10.2. The number of hydrogen-bond donors (Lipinski definition) is 1. The Hall–Kier alpha value is -1.29. The minimum absolute atomic E-state index is 0.0368. The summed E-state index contributed by atoms with van der Waals surface area (Å²) in [4.78, 5) is 13.5. The maximum atomic E-state index is 11.8. The van der Waals surface area contributed by atoms with E-state index in [1.165, 1.54) is 19.1 Å². The van der Waals surface area contributed by atoms with E-state index < -0.39 is 0 Å². The van der Waals surface area contributed by atoms with Crippen LogP contribution in [-0.4, -0.2) is 38.0 Å². The van der Waals surface area contributed by atoms with Crippen LogP contribution in [0.1, 0.15) is 36.2 Å². The summed E-state index contributed by atoms with van der Waals surface area (Å²) >= 11 is 0. The number of unbranched alkanes of at least 4 members (excludes halogenated alkanes) is 3. The van der Waals surface area contributed by atoms with Crippen LogP contribution < -0.4 is 5.32 Å². The highest BCUT2D eigenvalue weighted by Crippen LogP contribution is 2.06. The molecule has 0 aliphatic heterocycles. The van der Waals surface area contributed by atoms with E-state index in [4.69, 9.17) is 4.42 Å². The maximum Gasteiger partial charge on any atom is 0.289 e. The first-order valence-corrected chi connectivity index (χ1v) is 6.19. The molecule has 1 rings (SSSR count). The molecule has 0 aliphatic rings. The number of amides is 1. The molecule has 96 valence electrons. The van der Waals surface area contributed by atoms with E-state index in [0.717, 1.165) is 25.9 Å². The van der Waals surface area contributed by atoms with Gasteiger partial charge < -0.3 is 14.6 Å². The molecule has 1 aromatic rings. The maximum absolute atomic E-state index is 11.8. The van der Waals surface area contributed by atoms with E-state index in [1.54, 1.807) is 17.0 Å². The van der Waals surface area contributed by atoms with Gasteiger partial charge in [0, 0.05) is 13.6 Å². The van der Waals surface area contributed by atoms with Crippen LogP contribution in [0, 0.1) is 0 Å². The van der Waals surface area contributed by atoms with Crippen molar-refractivity contribution in [3.05, 3.63) is 24.2 Å². The van der Waals surface area contributed by atoms with Crippen molar-refractivity contribution in [1.29, 1.82) is 0 Å². The van der Waals surface area contributed by atoms with Crippen LogP contribution in [0.25, 0.3) is 0 Å². The predicted octanol–water partition coefficient (Wildman–Crippen LogP) is 2.13. The molecule has 17 heavy (non-hydrogen) atoms. The normalized spacial score (nSPS) is 10.5. The average Bonchev–Trinajstić information content (AvgIpc) is 2.86. The first-order valence-electron chi connectivity index (χ1n) is 6.19. The second kappa shape index (κ2) is 7.90. The zero-order valence-corrected chi connectivity index (χ0v) is 10.7. The van der Waals surface area contributed by atoms with Crippen molar-refractivity contribution in [2.75, 3.05) is 27.2 Å². The quantitative estimate of drug-likeness (QED) is 0.706.